The van der Waals surface area contributed by atoms with Crippen LogP contribution in [0.3, 0.4) is 0 Å². The molecule has 1 aliphatic carbocycles. The van der Waals surface area contributed by atoms with E-state index in [1.54, 1.807) is 0 Å². The van der Waals surface area contributed by atoms with Crippen molar-refractivity contribution < 1.29 is 4.79 Å². The van der Waals surface area contributed by atoms with Gasteiger partial charge in [0, 0.05) is 18.0 Å². The van der Waals surface area contributed by atoms with Gasteiger partial charge < -0.3 is 4.90 Å². The molecule has 2 nitrogen and oxygen atoms in total. The number of hydrogen-bond acceptors (Lipinski definition) is 2. The molecule has 4 rings (SSSR count). The second-order valence-electron chi connectivity index (χ2n) is 6.78. The summed E-state index contributed by atoms with van der Waals surface area (Å²) in [5, 5.41) is 2.33. The molecule has 1 aliphatic heterocycles. The third kappa shape index (κ3) is 2.46. The van der Waals surface area contributed by atoms with Gasteiger partial charge in [-0.25, -0.2) is 0 Å². The second kappa shape index (κ2) is 5.85. The number of likely N-dealkylation sites (tertiary alicyclic amines) is 1. The second-order valence-corrected chi connectivity index (χ2v) is 6.78. The summed E-state index contributed by atoms with van der Waals surface area (Å²) in [4.78, 5) is 15.6. The molecule has 0 bridgehead atoms. The molecule has 0 spiro atoms. The quantitative estimate of drug-likeness (QED) is 0.832. The van der Waals surface area contributed by atoms with Crippen LogP contribution in [0.4, 0.5) is 0 Å². The Morgan fingerprint density at radius 2 is 1.82 bits per heavy atom. The molecule has 0 N–H and O–H groups in total. The smallest absolute Gasteiger partial charge is 0.168 e. The summed E-state index contributed by atoms with van der Waals surface area (Å²) in [6.45, 7) is 3.31. The molecule has 0 unspecified atom stereocenters. The lowest BCUT2D eigenvalue weighted by atomic mass is 9.80. The van der Waals surface area contributed by atoms with Crippen LogP contribution in [0.2, 0.25) is 0 Å². The number of piperidine rings is 1. The number of ketones is 1. The zero-order valence-corrected chi connectivity index (χ0v) is 13.1. The number of nitrogens with zero attached hydrogens (tertiary/aromatic N) is 1. The predicted molar refractivity (Wildman–Crippen MR) is 90.4 cm³/mol. The fourth-order valence-electron chi connectivity index (χ4n) is 4.11. The number of Topliss-reactive ketones (excluding diaryl/α,β-unsaturated/α-hetero) is 1. The van der Waals surface area contributed by atoms with Crippen LogP contribution < -0.4 is 0 Å². The Bertz CT molecular complexity index is 700. The van der Waals surface area contributed by atoms with Crippen molar-refractivity contribution in [1.82, 2.24) is 4.90 Å². The lowest BCUT2D eigenvalue weighted by molar-refractivity contribution is 0.0847. The van der Waals surface area contributed by atoms with E-state index in [1.807, 2.05) is 12.1 Å². The van der Waals surface area contributed by atoms with Crippen LogP contribution in [0.1, 0.15) is 41.6 Å². The van der Waals surface area contributed by atoms with Crippen molar-refractivity contribution in [3.63, 3.8) is 0 Å². The van der Waals surface area contributed by atoms with Gasteiger partial charge >= 0.3 is 0 Å². The number of carbonyl (C=O) groups excluding carboxylic acids is 1. The van der Waals surface area contributed by atoms with Gasteiger partial charge in [-0.05, 0) is 55.1 Å². The van der Waals surface area contributed by atoms with Gasteiger partial charge in [-0.3, -0.25) is 4.79 Å². The molecule has 0 radical (unpaired) electrons. The Hall–Kier alpha value is -1.67. The van der Waals surface area contributed by atoms with Crippen LogP contribution in [0.5, 0.6) is 0 Å². The Morgan fingerprint density at radius 1 is 1.00 bits per heavy atom. The van der Waals surface area contributed by atoms with Crippen LogP contribution in [-0.2, 0) is 6.42 Å². The SMILES string of the molecule is O=C1c2c(ccc3ccccc23)CC[C@@H]1CN1CCCCC1. The van der Waals surface area contributed by atoms with E-state index in [9.17, 15) is 4.79 Å². The van der Waals surface area contributed by atoms with Crippen LogP contribution >= 0.6 is 0 Å². The van der Waals surface area contributed by atoms with Gasteiger partial charge in [-0.1, -0.05) is 42.8 Å². The van der Waals surface area contributed by atoms with Crippen molar-refractivity contribution in [2.45, 2.75) is 32.1 Å². The van der Waals surface area contributed by atoms with Gasteiger partial charge in [-0.15, -0.1) is 0 Å². The van der Waals surface area contributed by atoms with Crippen LogP contribution in [-0.4, -0.2) is 30.3 Å². The van der Waals surface area contributed by atoms with E-state index in [2.05, 4.69) is 29.2 Å². The highest BCUT2D eigenvalue weighted by atomic mass is 16.1. The molecule has 2 heteroatoms. The molecule has 1 heterocycles. The van der Waals surface area contributed by atoms with Gasteiger partial charge in [0.1, 0.15) is 0 Å². The van der Waals surface area contributed by atoms with Crippen molar-refractivity contribution in [2.24, 2.45) is 5.92 Å². The fourth-order valence-corrected chi connectivity index (χ4v) is 4.11. The number of rotatable bonds is 2. The van der Waals surface area contributed by atoms with Crippen LogP contribution in [0.15, 0.2) is 36.4 Å². The minimum atomic E-state index is 0.191. The van der Waals surface area contributed by atoms with E-state index in [0.717, 1.165) is 30.3 Å². The number of hydrogen-bond donors (Lipinski definition) is 0. The molecule has 0 saturated carbocycles. The van der Waals surface area contributed by atoms with E-state index in [-0.39, 0.29) is 5.92 Å². The van der Waals surface area contributed by atoms with Gasteiger partial charge in [0.05, 0.1) is 0 Å². The van der Waals surface area contributed by atoms with E-state index >= 15 is 0 Å². The molecular weight excluding hydrogens is 270 g/mol. The largest absolute Gasteiger partial charge is 0.303 e. The van der Waals surface area contributed by atoms with E-state index in [4.69, 9.17) is 0 Å². The first kappa shape index (κ1) is 14.0. The Kier molecular flexibility index (Phi) is 3.71. The van der Waals surface area contributed by atoms with E-state index in [0.29, 0.717) is 5.78 Å². The molecule has 2 aromatic rings. The van der Waals surface area contributed by atoms with Crippen molar-refractivity contribution >= 4 is 16.6 Å². The highest BCUT2D eigenvalue weighted by Crippen LogP contribution is 2.32. The van der Waals surface area contributed by atoms with Gasteiger partial charge in [0.25, 0.3) is 0 Å². The molecule has 22 heavy (non-hydrogen) atoms. The summed E-state index contributed by atoms with van der Waals surface area (Å²) in [6, 6.07) is 12.6. The van der Waals surface area contributed by atoms with Crippen molar-refractivity contribution in [2.75, 3.05) is 19.6 Å². The summed E-state index contributed by atoms with van der Waals surface area (Å²) in [5.41, 5.74) is 2.25. The van der Waals surface area contributed by atoms with Crippen molar-refractivity contribution in [1.29, 1.82) is 0 Å². The number of carbonyl (C=O) groups is 1. The van der Waals surface area contributed by atoms with Gasteiger partial charge in [0.15, 0.2) is 5.78 Å². The van der Waals surface area contributed by atoms with Crippen LogP contribution in [0.25, 0.3) is 10.8 Å². The van der Waals surface area contributed by atoms with Crippen molar-refractivity contribution in [3.05, 3.63) is 47.5 Å². The first-order valence-corrected chi connectivity index (χ1v) is 8.60. The third-order valence-electron chi connectivity index (χ3n) is 5.32. The van der Waals surface area contributed by atoms with Gasteiger partial charge in [0.2, 0.25) is 0 Å². The molecule has 0 amide bonds. The summed E-state index contributed by atoms with van der Waals surface area (Å²) >= 11 is 0. The molecule has 2 aromatic carbocycles. The number of benzene rings is 2. The molecule has 1 atom stereocenters. The number of fused-ring (bicyclic) bond motifs is 3. The predicted octanol–water partition coefficient (Wildman–Crippen LogP) is 4.07. The average Bonchev–Trinajstić information content (AvgIpc) is 2.58. The summed E-state index contributed by atoms with van der Waals surface area (Å²) in [6.07, 6.45) is 5.99. The first-order valence-electron chi connectivity index (χ1n) is 8.60. The highest BCUT2D eigenvalue weighted by molar-refractivity contribution is 6.11. The average molecular weight is 293 g/mol. The molecule has 2 aliphatic rings. The molecule has 0 aromatic heterocycles. The number of aryl methyl sites for hydroxylation is 1. The minimum absolute atomic E-state index is 0.191. The maximum absolute atomic E-state index is 13.1. The highest BCUT2D eigenvalue weighted by Gasteiger charge is 2.30. The summed E-state index contributed by atoms with van der Waals surface area (Å²) in [5.74, 6) is 0.569. The standard InChI is InChI=1S/C20H23NO/c22-20-17(14-21-12-4-1-5-13-21)11-10-16-9-8-15-6-2-3-7-18(15)19(16)20/h2-3,6-9,17H,1,4-5,10-14H2/t17-/m1/s1. The lowest BCUT2D eigenvalue weighted by Crippen LogP contribution is -2.38. The zero-order chi connectivity index (χ0) is 14.9. The Labute approximate surface area is 132 Å². The fraction of sp³-hybridized carbons (Fsp3) is 0.450. The molecule has 114 valence electrons. The topological polar surface area (TPSA) is 20.3 Å². The van der Waals surface area contributed by atoms with Gasteiger partial charge in [-0.2, -0.15) is 0 Å². The Balaban J connectivity index is 1.65. The van der Waals surface area contributed by atoms with E-state index in [1.165, 1.54) is 43.3 Å². The minimum Gasteiger partial charge on any atom is -0.303 e. The summed E-state index contributed by atoms with van der Waals surface area (Å²) in [7, 11) is 0. The van der Waals surface area contributed by atoms with Crippen LogP contribution in [0, 0.1) is 5.92 Å². The monoisotopic (exact) mass is 293 g/mol. The molecular formula is C20H23NO. The van der Waals surface area contributed by atoms with Crippen molar-refractivity contribution in [3.8, 4) is 0 Å². The van der Waals surface area contributed by atoms with E-state index < -0.39 is 0 Å². The normalized spacial score (nSPS) is 22.7. The first-order chi connectivity index (χ1) is 10.8. The molecule has 1 fully saturated rings. The zero-order valence-electron chi connectivity index (χ0n) is 13.1. The maximum atomic E-state index is 13.1. The molecule has 1 saturated heterocycles. The third-order valence-corrected chi connectivity index (χ3v) is 5.32. The summed E-state index contributed by atoms with van der Waals surface area (Å²) < 4.78 is 0. The maximum Gasteiger partial charge on any atom is 0.168 e. The Morgan fingerprint density at radius 3 is 2.68 bits per heavy atom. The lowest BCUT2D eigenvalue weighted by Gasteiger charge is -2.32.